The minimum Gasteiger partial charge on any atom is -0.325 e. The van der Waals surface area contributed by atoms with Gasteiger partial charge < -0.3 is 5.73 Å². The van der Waals surface area contributed by atoms with Gasteiger partial charge in [-0.15, -0.1) is 0 Å². The monoisotopic (exact) mass is 313 g/mol. The van der Waals surface area contributed by atoms with E-state index in [4.69, 9.17) is 5.73 Å². The summed E-state index contributed by atoms with van der Waals surface area (Å²) in [6.45, 7) is 2.23. The summed E-state index contributed by atoms with van der Waals surface area (Å²) in [6.07, 6.45) is 6.56. The first-order chi connectivity index (χ1) is 8.52. The third-order valence-corrected chi connectivity index (χ3v) is 4.88. The van der Waals surface area contributed by atoms with Gasteiger partial charge in [0, 0.05) is 10.0 Å². The average Bonchev–Trinajstić information content (AvgIpc) is 2.33. The molecule has 3 heteroatoms. The van der Waals surface area contributed by atoms with Gasteiger partial charge >= 0.3 is 0 Å². The molecular weight excluding hydrogens is 293 g/mol. The first kappa shape index (κ1) is 14.0. The van der Waals surface area contributed by atoms with Crippen LogP contribution in [0.15, 0.2) is 22.7 Å². The van der Waals surface area contributed by atoms with Gasteiger partial charge in [-0.1, -0.05) is 42.1 Å². The van der Waals surface area contributed by atoms with Crippen LogP contribution in [0, 0.1) is 11.7 Å². The smallest absolute Gasteiger partial charge is 0.123 e. The van der Waals surface area contributed by atoms with Crippen molar-refractivity contribution >= 4 is 15.9 Å². The lowest BCUT2D eigenvalue weighted by Gasteiger charge is -2.38. The van der Waals surface area contributed by atoms with Gasteiger partial charge in [-0.25, -0.2) is 4.39 Å². The van der Waals surface area contributed by atoms with Crippen LogP contribution in [-0.4, -0.2) is 5.54 Å². The predicted molar refractivity (Wildman–Crippen MR) is 77.0 cm³/mol. The highest BCUT2D eigenvalue weighted by atomic mass is 79.9. The summed E-state index contributed by atoms with van der Waals surface area (Å²) in [5.74, 6) is 0.552. The maximum Gasteiger partial charge on any atom is 0.123 e. The highest BCUT2D eigenvalue weighted by molar-refractivity contribution is 9.10. The Balaban J connectivity index is 2.14. The summed E-state index contributed by atoms with van der Waals surface area (Å²) in [4.78, 5) is 0. The zero-order chi connectivity index (χ0) is 13.2. The van der Waals surface area contributed by atoms with Crippen molar-refractivity contribution in [3.8, 4) is 0 Å². The number of halogens is 2. The summed E-state index contributed by atoms with van der Waals surface area (Å²) < 4.78 is 14.3. The lowest BCUT2D eigenvalue weighted by atomic mass is 9.72. The highest BCUT2D eigenvalue weighted by Gasteiger charge is 2.32. The number of rotatable bonds is 3. The van der Waals surface area contributed by atoms with Gasteiger partial charge in [0.2, 0.25) is 0 Å². The fraction of sp³-hybridized carbons (Fsp3) is 0.600. The van der Waals surface area contributed by atoms with Crippen LogP contribution >= 0.6 is 15.9 Å². The molecule has 2 N–H and O–H groups in total. The minimum atomic E-state index is -0.181. The number of hydrogen-bond donors (Lipinski definition) is 1. The molecule has 18 heavy (non-hydrogen) atoms. The van der Waals surface area contributed by atoms with E-state index in [2.05, 4.69) is 22.9 Å². The molecule has 1 fully saturated rings. The molecule has 2 rings (SSSR count). The summed E-state index contributed by atoms with van der Waals surface area (Å²) in [6, 6.07) is 4.86. The second kappa shape index (κ2) is 5.70. The third-order valence-electron chi connectivity index (χ3n) is 4.11. The predicted octanol–water partition coefficient (Wildman–Crippen LogP) is 4.43. The van der Waals surface area contributed by atoms with Gasteiger partial charge in [-0.3, -0.25) is 0 Å². The van der Waals surface area contributed by atoms with Crippen LogP contribution in [-0.2, 0) is 6.42 Å². The normalized spacial score (nSPS) is 28.3. The van der Waals surface area contributed by atoms with Gasteiger partial charge in [0.05, 0.1) is 0 Å². The largest absolute Gasteiger partial charge is 0.325 e. The fourth-order valence-electron chi connectivity index (χ4n) is 3.09. The number of nitrogens with two attached hydrogens (primary N) is 1. The van der Waals surface area contributed by atoms with E-state index in [1.54, 1.807) is 12.1 Å². The van der Waals surface area contributed by atoms with Crippen LogP contribution in [0.3, 0.4) is 0 Å². The van der Waals surface area contributed by atoms with Gasteiger partial charge in [0.1, 0.15) is 5.82 Å². The zero-order valence-electron chi connectivity index (χ0n) is 10.9. The number of benzene rings is 1. The highest BCUT2D eigenvalue weighted by Crippen LogP contribution is 2.36. The second-order valence-corrected chi connectivity index (χ2v) is 6.50. The van der Waals surface area contributed by atoms with Crippen molar-refractivity contribution in [2.75, 3.05) is 0 Å². The molecule has 0 heterocycles. The maximum absolute atomic E-state index is 13.3. The lowest BCUT2D eigenvalue weighted by molar-refractivity contribution is 0.218. The first-order valence-electron chi connectivity index (χ1n) is 6.75. The molecule has 0 saturated heterocycles. The Morgan fingerprint density at radius 3 is 3.00 bits per heavy atom. The molecule has 0 bridgehead atoms. The standard InChI is InChI=1S/C15H21BrFN/c1-2-11-4-3-7-15(18,9-11)10-12-8-13(17)5-6-14(12)16/h5-6,8,11H,2-4,7,9-10,18H2,1H3. The van der Waals surface area contributed by atoms with E-state index in [-0.39, 0.29) is 11.4 Å². The van der Waals surface area contributed by atoms with Crippen molar-refractivity contribution in [3.05, 3.63) is 34.1 Å². The van der Waals surface area contributed by atoms with Crippen molar-refractivity contribution in [1.82, 2.24) is 0 Å². The topological polar surface area (TPSA) is 26.0 Å². The lowest BCUT2D eigenvalue weighted by Crippen LogP contribution is -2.46. The molecule has 1 aromatic rings. The number of hydrogen-bond acceptors (Lipinski definition) is 1. The third kappa shape index (κ3) is 3.33. The van der Waals surface area contributed by atoms with E-state index in [0.717, 1.165) is 35.2 Å². The van der Waals surface area contributed by atoms with Gasteiger partial charge in [0.25, 0.3) is 0 Å². The van der Waals surface area contributed by atoms with E-state index >= 15 is 0 Å². The quantitative estimate of drug-likeness (QED) is 0.877. The molecule has 1 aliphatic rings. The van der Waals surface area contributed by atoms with Crippen LogP contribution in [0.1, 0.15) is 44.6 Å². The molecule has 1 aliphatic carbocycles. The van der Waals surface area contributed by atoms with E-state index in [9.17, 15) is 4.39 Å². The van der Waals surface area contributed by atoms with Crippen molar-refractivity contribution in [2.45, 2.75) is 51.0 Å². The Morgan fingerprint density at radius 1 is 1.50 bits per heavy atom. The van der Waals surface area contributed by atoms with Gasteiger partial charge in [-0.2, -0.15) is 0 Å². The van der Waals surface area contributed by atoms with Crippen LogP contribution in [0.25, 0.3) is 0 Å². The molecule has 0 aromatic heterocycles. The molecule has 0 amide bonds. The van der Waals surface area contributed by atoms with E-state index < -0.39 is 0 Å². The van der Waals surface area contributed by atoms with E-state index in [0.29, 0.717) is 0 Å². The molecule has 2 atom stereocenters. The molecule has 1 aromatic carbocycles. The Morgan fingerprint density at radius 2 is 2.28 bits per heavy atom. The summed E-state index contributed by atoms with van der Waals surface area (Å²) >= 11 is 3.49. The Hall–Kier alpha value is -0.410. The van der Waals surface area contributed by atoms with Crippen LogP contribution in [0.5, 0.6) is 0 Å². The summed E-state index contributed by atoms with van der Waals surface area (Å²) in [7, 11) is 0. The van der Waals surface area contributed by atoms with Crippen molar-refractivity contribution in [1.29, 1.82) is 0 Å². The molecular formula is C15H21BrFN. The van der Waals surface area contributed by atoms with Crippen LogP contribution < -0.4 is 5.73 Å². The molecule has 1 nitrogen and oxygen atoms in total. The van der Waals surface area contributed by atoms with E-state index in [1.165, 1.54) is 25.3 Å². The van der Waals surface area contributed by atoms with Crippen LogP contribution in [0.4, 0.5) is 4.39 Å². The average molecular weight is 314 g/mol. The molecule has 0 radical (unpaired) electrons. The SMILES string of the molecule is CCC1CCCC(N)(Cc2cc(F)ccc2Br)C1. The Bertz CT molecular complexity index is 421. The van der Waals surface area contributed by atoms with Crippen molar-refractivity contribution in [2.24, 2.45) is 11.7 Å². The summed E-state index contributed by atoms with van der Waals surface area (Å²) in [5, 5.41) is 0. The molecule has 100 valence electrons. The summed E-state index contributed by atoms with van der Waals surface area (Å²) in [5.41, 5.74) is 7.37. The zero-order valence-corrected chi connectivity index (χ0v) is 12.5. The van der Waals surface area contributed by atoms with Gasteiger partial charge in [-0.05, 0) is 48.9 Å². The maximum atomic E-state index is 13.3. The second-order valence-electron chi connectivity index (χ2n) is 5.65. The van der Waals surface area contributed by atoms with Crippen molar-refractivity contribution < 1.29 is 4.39 Å². The Kier molecular flexibility index (Phi) is 4.44. The van der Waals surface area contributed by atoms with Crippen LogP contribution in [0.2, 0.25) is 0 Å². The van der Waals surface area contributed by atoms with E-state index in [1.807, 2.05) is 0 Å². The Labute approximate surface area is 117 Å². The minimum absolute atomic E-state index is 0.157. The molecule has 0 aliphatic heterocycles. The molecule has 1 saturated carbocycles. The van der Waals surface area contributed by atoms with Crippen molar-refractivity contribution in [3.63, 3.8) is 0 Å². The molecule has 2 unspecified atom stereocenters. The first-order valence-corrected chi connectivity index (χ1v) is 7.54. The van der Waals surface area contributed by atoms with Gasteiger partial charge in [0.15, 0.2) is 0 Å². The molecule has 0 spiro atoms. The fourth-order valence-corrected chi connectivity index (χ4v) is 3.48.